The van der Waals surface area contributed by atoms with Gasteiger partial charge in [0.2, 0.25) is 5.91 Å². The number of carbonyl (C=O) groups is 1. The molecule has 0 heterocycles. The van der Waals surface area contributed by atoms with Crippen molar-refractivity contribution >= 4 is 5.91 Å². The third-order valence-corrected chi connectivity index (χ3v) is 2.10. The Balaban J connectivity index is 4.02. The van der Waals surface area contributed by atoms with Crippen molar-refractivity contribution in [3.63, 3.8) is 0 Å². The molecule has 0 aliphatic rings. The minimum Gasteiger partial charge on any atom is -0.342 e. The highest BCUT2D eigenvalue weighted by Gasteiger charge is 2.17. The van der Waals surface area contributed by atoms with Crippen molar-refractivity contribution in [1.29, 1.82) is 0 Å². The van der Waals surface area contributed by atoms with Crippen LogP contribution in [0, 0.1) is 0 Å². The zero-order valence-corrected chi connectivity index (χ0v) is 9.05. The molecular formula is C10H22N2O. The molecule has 0 spiro atoms. The van der Waals surface area contributed by atoms with Gasteiger partial charge in [0.25, 0.3) is 0 Å². The first-order chi connectivity index (χ1) is 6.17. The van der Waals surface area contributed by atoms with Crippen LogP contribution < -0.4 is 5.73 Å². The molecule has 3 nitrogen and oxygen atoms in total. The van der Waals surface area contributed by atoms with E-state index in [0.717, 1.165) is 32.4 Å². The summed E-state index contributed by atoms with van der Waals surface area (Å²) in [6.07, 6.45) is 2.76. The Morgan fingerprint density at radius 2 is 1.92 bits per heavy atom. The maximum atomic E-state index is 11.7. The molecule has 78 valence electrons. The summed E-state index contributed by atoms with van der Waals surface area (Å²) in [5.41, 5.74) is 5.74. The molecule has 0 fully saturated rings. The fraction of sp³-hybridized carbons (Fsp3) is 0.900. The molecule has 0 rings (SSSR count). The summed E-state index contributed by atoms with van der Waals surface area (Å²) >= 11 is 0. The maximum absolute atomic E-state index is 11.7. The van der Waals surface area contributed by atoms with Crippen molar-refractivity contribution in [3.05, 3.63) is 0 Å². The van der Waals surface area contributed by atoms with Crippen molar-refractivity contribution in [3.8, 4) is 0 Å². The van der Waals surface area contributed by atoms with Gasteiger partial charge in [-0.15, -0.1) is 0 Å². The molecular weight excluding hydrogens is 164 g/mol. The van der Waals surface area contributed by atoms with Gasteiger partial charge in [0.15, 0.2) is 0 Å². The molecule has 0 saturated heterocycles. The Hall–Kier alpha value is -0.570. The number of nitrogens with two attached hydrogens (primary N) is 1. The second-order valence-corrected chi connectivity index (χ2v) is 3.31. The molecule has 2 N–H and O–H groups in total. The van der Waals surface area contributed by atoms with Crippen LogP contribution in [0.1, 0.15) is 40.0 Å². The first-order valence-electron chi connectivity index (χ1n) is 5.21. The molecule has 0 aliphatic heterocycles. The molecule has 0 aliphatic carbocycles. The quantitative estimate of drug-likeness (QED) is 0.681. The van der Waals surface area contributed by atoms with E-state index < -0.39 is 0 Å². The van der Waals surface area contributed by atoms with Crippen LogP contribution in [0.4, 0.5) is 0 Å². The first-order valence-corrected chi connectivity index (χ1v) is 5.21. The van der Waals surface area contributed by atoms with Crippen LogP contribution in [0.2, 0.25) is 0 Å². The topological polar surface area (TPSA) is 46.3 Å². The summed E-state index contributed by atoms with van der Waals surface area (Å²) in [6, 6.07) is -0.295. The van der Waals surface area contributed by atoms with Crippen LogP contribution in [0.5, 0.6) is 0 Å². The largest absolute Gasteiger partial charge is 0.342 e. The second-order valence-electron chi connectivity index (χ2n) is 3.31. The predicted octanol–water partition coefficient (Wildman–Crippen LogP) is 1.37. The van der Waals surface area contributed by atoms with Crippen molar-refractivity contribution in [2.45, 2.75) is 46.1 Å². The highest BCUT2D eigenvalue weighted by atomic mass is 16.2. The fourth-order valence-electron chi connectivity index (χ4n) is 1.36. The van der Waals surface area contributed by atoms with E-state index in [1.807, 2.05) is 18.7 Å². The van der Waals surface area contributed by atoms with Crippen molar-refractivity contribution in [2.75, 3.05) is 13.1 Å². The van der Waals surface area contributed by atoms with Crippen molar-refractivity contribution in [2.24, 2.45) is 5.73 Å². The van der Waals surface area contributed by atoms with E-state index in [1.165, 1.54) is 0 Å². The third kappa shape index (κ3) is 4.27. The van der Waals surface area contributed by atoms with Gasteiger partial charge < -0.3 is 10.6 Å². The van der Waals surface area contributed by atoms with Crippen molar-refractivity contribution < 1.29 is 4.79 Å². The molecule has 0 bridgehead atoms. The average molecular weight is 186 g/mol. The molecule has 0 aromatic heterocycles. The SMILES string of the molecule is CCC[C@H](N)C(=O)N(CC)CCC. The average Bonchev–Trinajstić information content (AvgIpc) is 2.13. The Bertz CT molecular complexity index is 148. The summed E-state index contributed by atoms with van der Waals surface area (Å²) in [7, 11) is 0. The minimum atomic E-state index is -0.295. The van der Waals surface area contributed by atoms with E-state index >= 15 is 0 Å². The maximum Gasteiger partial charge on any atom is 0.239 e. The highest BCUT2D eigenvalue weighted by Crippen LogP contribution is 2.00. The van der Waals surface area contributed by atoms with Crippen LogP contribution >= 0.6 is 0 Å². The Morgan fingerprint density at radius 3 is 2.31 bits per heavy atom. The lowest BCUT2D eigenvalue weighted by atomic mass is 10.1. The number of rotatable bonds is 6. The summed E-state index contributed by atoms with van der Waals surface area (Å²) in [6.45, 7) is 7.70. The Kier molecular flexibility index (Phi) is 6.59. The van der Waals surface area contributed by atoms with E-state index in [-0.39, 0.29) is 11.9 Å². The van der Waals surface area contributed by atoms with E-state index in [2.05, 4.69) is 6.92 Å². The summed E-state index contributed by atoms with van der Waals surface area (Å²) in [5.74, 6) is 0.103. The van der Waals surface area contributed by atoms with Gasteiger partial charge in [-0.25, -0.2) is 0 Å². The normalized spacial score (nSPS) is 12.6. The number of hydrogen-bond donors (Lipinski definition) is 1. The molecule has 13 heavy (non-hydrogen) atoms. The molecule has 0 aromatic rings. The minimum absolute atomic E-state index is 0.103. The molecule has 1 amide bonds. The highest BCUT2D eigenvalue weighted by molar-refractivity contribution is 5.81. The van der Waals surface area contributed by atoms with Crippen molar-refractivity contribution in [1.82, 2.24) is 4.90 Å². The standard InChI is InChI=1S/C10H22N2O/c1-4-7-9(11)10(13)12(6-3)8-5-2/h9H,4-8,11H2,1-3H3/t9-/m0/s1. The summed E-state index contributed by atoms with van der Waals surface area (Å²) in [4.78, 5) is 13.5. The molecule has 1 atom stereocenters. The van der Waals surface area contributed by atoms with Gasteiger partial charge in [-0.05, 0) is 19.8 Å². The lowest BCUT2D eigenvalue weighted by Gasteiger charge is -2.23. The van der Waals surface area contributed by atoms with Crippen LogP contribution in [-0.4, -0.2) is 29.9 Å². The van der Waals surface area contributed by atoms with E-state index in [4.69, 9.17) is 5.73 Å². The molecule has 3 heteroatoms. The molecule has 0 unspecified atom stereocenters. The lowest BCUT2D eigenvalue weighted by Crippen LogP contribution is -2.43. The molecule has 0 radical (unpaired) electrons. The van der Waals surface area contributed by atoms with Gasteiger partial charge in [0.1, 0.15) is 0 Å². The van der Waals surface area contributed by atoms with Gasteiger partial charge in [-0.1, -0.05) is 20.3 Å². The van der Waals surface area contributed by atoms with Gasteiger partial charge in [0.05, 0.1) is 6.04 Å². The predicted molar refractivity (Wildman–Crippen MR) is 55.4 cm³/mol. The Morgan fingerprint density at radius 1 is 1.31 bits per heavy atom. The van der Waals surface area contributed by atoms with Crippen LogP contribution in [0.25, 0.3) is 0 Å². The Labute approximate surface area is 81.3 Å². The first kappa shape index (κ1) is 12.4. The van der Waals surface area contributed by atoms with Crippen LogP contribution in [0.3, 0.4) is 0 Å². The smallest absolute Gasteiger partial charge is 0.239 e. The zero-order chi connectivity index (χ0) is 10.3. The fourth-order valence-corrected chi connectivity index (χ4v) is 1.36. The monoisotopic (exact) mass is 186 g/mol. The third-order valence-electron chi connectivity index (χ3n) is 2.10. The summed E-state index contributed by atoms with van der Waals surface area (Å²) < 4.78 is 0. The van der Waals surface area contributed by atoms with E-state index in [1.54, 1.807) is 0 Å². The number of nitrogens with zero attached hydrogens (tertiary/aromatic N) is 1. The lowest BCUT2D eigenvalue weighted by molar-refractivity contribution is -0.132. The van der Waals surface area contributed by atoms with Crippen LogP contribution in [0.15, 0.2) is 0 Å². The molecule has 0 aromatic carbocycles. The van der Waals surface area contributed by atoms with E-state index in [9.17, 15) is 4.79 Å². The number of hydrogen-bond acceptors (Lipinski definition) is 2. The second kappa shape index (κ2) is 6.89. The van der Waals surface area contributed by atoms with Gasteiger partial charge in [-0.3, -0.25) is 4.79 Å². The van der Waals surface area contributed by atoms with Gasteiger partial charge in [0, 0.05) is 13.1 Å². The molecule has 0 saturated carbocycles. The zero-order valence-electron chi connectivity index (χ0n) is 9.05. The van der Waals surface area contributed by atoms with E-state index in [0.29, 0.717) is 0 Å². The number of likely N-dealkylation sites (N-methyl/N-ethyl adjacent to an activating group) is 1. The number of amides is 1. The van der Waals surface area contributed by atoms with Gasteiger partial charge in [-0.2, -0.15) is 0 Å². The van der Waals surface area contributed by atoms with Crippen LogP contribution in [-0.2, 0) is 4.79 Å². The van der Waals surface area contributed by atoms with Gasteiger partial charge >= 0.3 is 0 Å². The summed E-state index contributed by atoms with van der Waals surface area (Å²) in [5, 5.41) is 0. The number of carbonyl (C=O) groups excluding carboxylic acids is 1.